The molecular formula is C9H10ClN3. The Morgan fingerprint density at radius 2 is 2.31 bits per heavy atom. The van der Waals surface area contributed by atoms with Crippen molar-refractivity contribution in [2.24, 2.45) is 0 Å². The van der Waals surface area contributed by atoms with Crippen molar-refractivity contribution in [3.63, 3.8) is 0 Å². The molecule has 0 aliphatic heterocycles. The van der Waals surface area contributed by atoms with E-state index in [9.17, 15) is 0 Å². The highest BCUT2D eigenvalue weighted by molar-refractivity contribution is 6.34. The summed E-state index contributed by atoms with van der Waals surface area (Å²) in [6.45, 7) is 2.75. The van der Waals surface area contributed by atoms with Gasteiger partial charge in [-0.05, 0) is 19.1 Å². The number of fused-ring (bicyclic) bond motifs is 1. The summed E-state index contributed by atoms with van der Waals surface area (Å²) < 4.78 is 1.74. The topological polar surface area (TPSA) is 43.8 Å². The zero-order chi connectivity index (χ0) is 9.42. The molecule has 4 heteroatoms. The third-order valence-corrected chi connectivity index (χ3v) is 2.44. The van der Waals surface area contributed by atoms with Crippen molar-refractivity contribution in [2.75, 3.05) is 5.73 Å². The van der Waals surface area contributed by atoms with Gasteiger partial charge in [0.15, 0.2) is 0 Å². The molecular weight excluding hydrogens is 186 g/mol. The fourth-order valence-electron chi connectivity index (χ4n) is 1.35. The van der Waals surface area contributed by atoms with Crippen LogP contribution in [0.15, 0.2) is 18.2 Å². The van der Waals surface area contributed by atoms with Gasteiger partial charge in [0, 0.05) is 11.9 Å². The highest BCUT2D eigenvalue weighted by Crippen LogP contribution is 2.26. The zero-order valence-corrected chi connectivity index (χ0v) is 8.04. The number of nitrogens with two attached hydrogens (primary N) is 1. The lowest BCUT2D eigenvalue weighted by Crippen LogP contribution is -1.95. The van der Waals surface area contributed by atoms with Gasteiger partial charge < -0.3 is 5.73 Å². The third-order valence-electron chi connectivity index (χ3n) is 2.04. The van der Waals surface area contributed by atoms with E-state index in [1.54, 1.807) is 4.68 Å². The van der Waals surface area contributed by atoms with Gasteiger partial charge >= 0.3 is 0 Å². The first kappa shape index (κ1) is 8.38. The second-order valence-electron chi connectivity index (χ2n) is 2.85. The van der Waals surface area contributed by atoms with Crippen molar-refractivity contribution in [3.8, 4) is 0 Å². The minimum Gasteiger partial charge on any atom is -0.397 e. The van der Waals surface area contributed by atoms with E-state index >= 15 is 0 Å². The van der Waals surface area contributed by atoms with E-state index in [0.717, 1.165) is 17.4 Å². The van der Waals surface area contributed by atoms with Crippen molar-refractivity contribution in [1.82, 2.24) is 9.78 Å². The average Bonchev–Trinajstić information content (AvgIpc) is 2.45. The van der Waals surface area contributed by atoms with Crippen LogP contribution >= 0.6 is 11.6 Å². The molecule has 2 aromatic rings. The number of hydrogen-bond donors (Lipinski definition) is 1. The lowest BCUT2D eigenvalue weighted by atomic mass is 10.2. The monoisotopic (exact) mass is 195 g/mol. The Balaban J connectivity index is 2.83. The highest BCUT2D eigenvalue weighted by atomic mass is 35.5. The molecule has 68 valence electrons. The summed E-state index contributed by atoms with van der Waals surface area (Å²) in [5, 5.41) is 5.87. The van der Waals surface area contributed by atoms with Crippen LogP contribution in [0, 0.1) is 0 Å². The number of benzene rings is 1. The Morgan fingerprint density at radius 1 is 1.54 bits per heavy atom. The molecule has 13 heavy (non-hydrogen) atoms. The molecule has 0 spiro atoms. The van der Waals surface area contributed by atoms with E-state index in [4.69, 9.17) is 17.3 Å². The van der Waals surface area contributed by atoms with Crippen LogP contribution in [0.1, 0.15) is 6.92 Å². The second kappa shape index (κ2) is 2.92. The lowest BCUT2D eigenvalue weighted by molar-refractivity contribution is 0.669. The van der Waals surface area contributed by atoms with Gasteiger partial charge in [-0.1, -0.05) is 17.7 Å². The van der Waals surface area contributed by atoms with E-state index in [1.165, 1.54) is 0 Å². The minimum absolute atomic E-state index is 0.657. The summed E-state index contributed by atoms with van der Waals surface area (Å²) in [5.74, 6) is 0. The van der Waals surface area contributed by atoms with E-state index in [0.29, 0.717) is 10.8 Å². The van der Waals surface area contributed by atoms with Crippen LogP contribution in [-0.2, 0) is 6.54 Å². The van der Waals surface area contributed by atoms with Gasteiger partial charge in [0.1, 0.15) is 10.7 Å². The Morgan fingerprint density at radius 3 is 2.92 bits per heavy atom. The van der Waals surface area contributed by atoms with Gasteiger partial charge in [-0.15, -0.1) is 0 Å². The maximum absolute atomic E-state index is 6.07. The Hall–Kier alpha value is -1.22. The van der Waals surface area contributed by atoms with E-state index in [1.807, 2.05) is 25.1 Å². The standard InChI is InChI=1S/C9H10ClN3/c1-2-13-9(10)6-4-3-5-7(11)8(6)12-13/h3-5H,2,11H2,1H3. The van der Waals surface area contributed by atoms with Gasteiger partial charge in [-0.2, -0.15) is 5.10 Å². The van der Waals surface area contributed by atoms with Gasteiger partial charge in [0.2, 0.25) is 0 Å². The van der Waals surface area contributed by atoms with Crippen LogP contribution in [-0.4, -0.2) is 9.78 Å². The first-order valence-corrected chi connectivity index (χ1v) is 4.52. The number of nitrogens with zero attached hydrogens (tertiary/aromatic N) is 2. The van der Waals surface area contributed by atoms with Crippen molar-refractivity contribution >= 4 is 28.2 Å². The molecule has 1 heterocycles. The number of rotatable bonds is 1. The smallest absolute Gasteiger partial charge is 0.134 e. The zero-order valence-electron chi connectivity index (χ0n) is 7.29. The Kier molecular flexibility index (Phi) is 1.88. The number of hydrogen-bond acceptors (Lipinski definition) is 2. The van der Waals surface area contributed by atoms with Crippen molar-refractivity contribution in [3.05, 3.63) is 23.4 Å². The quantitative estimate of drug-likeness (QED) is 0.710. The van der Waals surface area contributed by atoms with Crippen molar-refractivity contribution in [1.29, 1.82) is 0 Å². The predicted octanol–water partition coefficient (Wildman–Crippen LogP) is 2.29. The summed E-state index contributed by atoms with van der Waals surface area (Å²) in [6, 6.07) is 5.63. The van der Waals surface area contributed by atoms with Crippen LogP contribution < -0.4 is 5.73 Å². The molecule has 0 fully saturated rings. The molecule has 0 aliphatic rings. The summed E-state index contributed by atoms with van der Waals surface area (Å²) in [7, 11) is 0. The minimum atomic E-state index is 0.657. The molecule has 0 radical (unpaired) electrons. The van der Waals surface area contributed by atoms with Crippen LogP contribution in [0.25, 0.3) is 10.9 Å². The molecule has 0 aliphatic carbocycles. The molecule has 0 amide bonds. The Labute approximate surface area is 81.1 Å². The van der Waals surface area contributed by atoms with Gasteiger partial charge in [-0.25, -0.2) is 0 Å². The fraction of sp³-hybridized carbons (Fsp3) is 0.222. The SMILES string of the molecule is CCn1nc2c(N)cccc2c1Cl. The molecule has 0 atom stereocenters. The number of aryl methyl sites for hydroxylation is 1. The summed E-state index contributed by atoms with van der Waals surface area (Å²) >= 11 is 6.07. The number of nitrogen functional groups attached to an aromatic ring is 1. The maximum Gasteiger partial charge on any atom is 0.134 e. The lowest BCUT2D eigenvalue weighted by Gasteiger charge is -1.93. The van der Waals surface area contributed by atoms with Crippen LogP contribution in [0.2, 0.25) is 5.15 Å². The van der Waals surface area contributed by atoms with Gasteiger partial charge in [-0.3, -0.25) is 4.68 Å². The third kappa shape index (κ3) is 1.16. The highest BCUT2D eigenvalue weighted by Gasteiger charge is 2.08. The number of anilines is 1. The molecule has 2 N–H and O–H groups in total. The normalized spacial score (nSPS) is 10.9. The molecule has 3 nitrogen and oxygen atoms in total. The van der Waals surface area contributed by atoms with E-state index in [2.05, 4.69) is 5.10 Å². The van der Waals surface area contributed by atoms with Crippen molar-refractivity contribution in [2.45, 2.75) is 13.5 Å². The number of halogens is 1. The summed E-state index contributed by atoms with van der Waals surface area (Å²) in [4.78, 5) is 0. The van der Waals surface area contributed by atoms with Crippen LogP contribution in [0.3, 0.4) is 0 Å². The average molecular weight is 196 g/mol. The van der Waals surface area contributed by atoms with E-state index in [-0.39, 0.29) is 0 Å². The number of aromatic nitrogens is 2. The molecule has 1 aromatic carbocycles. The second-order valence-corrected chi connectivity index (χ2v) is 3.21. The molecule has 0 saturated carbocycles. The fourth-order valence-corrected chi connectivity index (χ4v) is 1.66. The molecule has 2 rings (SSSR count). The van der Waals surface area contributed by atoms with E-state index < -0.39 is 0 Å². The van der Waals surface area contributed by atoms with Crippen LogP contribution in [0.4, 0.5) is 5.69 Å². The molecule has 1 aromatic heterocycles. The molecule has 0 unspecified atom stereocenters. The maximum atomic E-state index is 6.07. The summed E-state index contributed by atoms with van der Waals surface area (Å²) in [6.07, 6.45) is 0. The Bertz CT molecular complexity index is 447. The van der Waals surface area contributed by atoms with Gasteiger partial charge in [0.25, 0.3) is 0 Å². The first-order chi connectivity index (χ1) is 6.24. The first-order valence-electron chi connectivity index (χ1n) is 4.14. The predicted molar refractivity (Wildman–Crippen MR) is 54.8 cm³/mol. The summed E-state index contributed by atoms with van der Waals surface area (Å²) in [5.41, 5.74) is 7.22. The molecule has 0 bridgehead atoms. The van der Waals surface area contributed by atoms with Crippen molar-refractivity contribution < 1.29 is 0 Å². The van der Waals surface area contributed by atoms with Crippen LogP contribution in [0.5, 0.6) is 0 Å². The largest absolute Gasteiger partial charge is 0.397 e. The molecule has 0 saturated heterocycles. The van der Waals surface area contributed by atoms with Gasteiger partial charge in [0.05, 0.1) is 5.69 Å².